The van der Waals surface area contributed by atoms with Gasteiger partial charge < -0.3 is 30.2 Å². The van der Waals surface area contributed by atoms with Crippen LogP contribution in [-0.2, 0) is 23.4 Å². The Kier molecular flexibility index (Phi) is 8.94. The molecule has 14 nitrogen and oxygen atoms in total. The van der Waals surface area contributed by atoms with E-state index in [2.05, 4.69) is 25.4 Å². The van der Waals surface area contributed by atoms with E-state index >= 15 is 0 Å². The zero-order valence-electron chi connectivity index (χ0n) is 23.4. The third kappa shape index (κ3) is 6.81. The maximum atomic E-state index is 14.3. The molecular weight excluding hydrogens is 572 g/mol. The number of fused-ring (bicyclic) bond motifs is 1. The Morgan fingerprint density at radius 1 is 1.26 bits per heavy atom. The molecule has 3 heterocycles. The molecular formula is C26H35FN7O7P. The van der Waals surface area contributed by atoms with Crippen molar-refractivity contribution in [2.45, 2.75) is 70.2 Å². The number of anilines is 2. The molecule has 0 amide bonds. The normalized spacial score (nSPS) is 24.4. The highest BCUT2D eigenvalue weighted by Crippen LogP contribution is 2.47. The highest BCUT2D eigenvalue weighted by molar-refractivity contribution is 7.52. The number of carbonyl (C=O) groups excluding carboxylic acids is 1. The summed E-state index contributed by atoms with van der Waals surface area (Å²) in [7, 11) is -4.24. The largest absolute Gasteiger partial charge is 0.462 e. The Bertz CT molecular complexity index is 1440. The van der Waals surface area contributed by atoms with Crippen molar-refractivity contribution >= 4 is 36.6 Å². The van der Waals surface area contributed by atoms with E-state index in [1.165, 1.54) is 17.8 Å². The number of ether oxygens (including phenoxy) is 2. The van der Waals surface area contributed by atoms with E-state index in [0.29, 0.717) is 17.0 Å². The highest BCUT2D eigenvalue weighted by Gasteiger charge is 2.47. The highest BCUT2D eigenvalue weighted by atomic mass is 31.2. The second kappa shape index (κ2) is 12.5. The zero-order chi connectivity index (χ0) is 30.0. The molecule has 1 saturated carbocycles. The quantitative estimate of drug-likeness (QED) is 0.164. The molecule has 1 aromatic carbocycles. The van der Waals surface area contributed by atoms with Crippen molar-refractivity contribution in [1.82, 2.24) is 24.6 Å². The third-order valence-electron chi connectivity index (χ3n) is 6.74. The van der Waals surface area contributed by atoms with Crippen LogP contribution in [0, 0.1) is 5.92 Å². The van der Waals surface area contributed by atoms with Crippen molar-refractivity contribution in [2.75, 3.05) is 24.3 Å². The summed E-state index contributed by atoms with van der Waals surface area (Å²) >= 11 is 0. The SMILES string of the molecule is CC(C)OC(=O)C(C)N[P@@](=O)(OC[C@H]1O[C@@H](n2cnc3c(NC4CC4)nc(N)nc32)[C@@H](CF)[C@@H]1O)Oc1ccccc1. The number of halogens is 1. The monoisotopic (exact) mass is 607 g/mol. The van der Waals surface area contributed by atoms with E-state index in [1.54, 1.807) is 44.2 Å². The fourth-order valence-corrected chi connectivity index (χ4v) is 6.03. The topological polar surface area (TPSA) is 185 Å². The molecule has 1 saturated heterocycles. The molecule has 0 bridgehead atoms. The molecule has 6 atom stereocenters. The minimum Gasteiger partial charge on any atom is -0.462 e. The number of aromatic nitrogens is 4. The molecule has 2 fully saturated rings. The molecule has 0 spiro atoms. The van der Waals surface area contributed by atoms with Gasteiger partial charge in [0.05, 0.1) is 37.7 Å². The number of aliphatic hydroxyl groups excluding tert-OH is 1. The van der Waals surface area contributed by atoms with Gasteiger partial charge in [-0.05, 0) is 45.7 Å². The Balaban J connectivity index is 1.35. The summed E-state index contributed by atoms with van der Waals surface area (Å²) in [4.78, 5) is 25.3. The van der Waals surface area contributed by atoms with Gasteiger partial charge in [0.1, 0.15) is 24.1 Å². The Labute approximate surface area is 241 Å². The first-order valence-corrected chi connectivity index (χ1v) is 15.2. The van der Waals surface area contributed by atoms with Gasteiger partial charge in [-0.2, -0.15) is 15.1 Å². The Morgan fingerprint density at radius 3 is 2.67 bits per heavy atom. The lowest BCUT2D eigenvalue weighted by Crippen LogP contribution is -2.37. The first kappa shape index (κ1) is 30.1. The third-order valence-corrected chi connectivity index (χ3v) is 8.39. The van der Waals surface area contributed by atoms with Crippen LogP contribution in [-0.4, -0.2) is 74.3 Å². The van der Waals surface area contributed by atoms with E-state index < -0.39 is 63.5 Å². The van der Waals surface area contributed by atoms with Crippen LogP contribution in [0.25, 0.3) is 11.2 Å². The number of para-hydroxylation sites is 1. The Morgan fingerprint density at radius 2 is 2.00 bits per heavy atom. The van der Waals surface area contributed by atoms with Gasteiger partial charge in [0.25, 0.3) is 0 Å². The van der Waals surface area contributed by atoms with Crippen molar-refractivity contribution in [3.63, 3.8) is 0 Å². The van der Waals surface area contributed by atoms with Crippen molar-refractivity contribution in [2.24, 2.45) is 5.92 Å². The lowest BCUT2D eigenvalue weighted by atomic mass is 10.0. The van der Waals surface area contributed by atoms with Gasteiger partial charge in [-0.1, -0.05) is 18.2 Å². The van der Waals surface area contributed by atoms with Crippen molar-refractivity contribution < 1.29 is 37.4 Å². The molecule has 2 aromatic heterocycles. The van der Waals surface area contributed by atoms with Crippen molar-refractivity contribution in [3.8, 4) is 5.75 Å². The lowest BCUT2D eigenvalue weighted by molar-refractivity contribution is -0.149. The predicted molar refractivity (Wildman–Crippen MR) is 150 cm³/mol. The molecule has 1 aliphatic carbocycles. The molecule has 1 unspecified atom stereocenters. The first-order chi connectivity index (χ1) is 20.1. The maximum Gasteiger partial charge on any atom is 0.459 e. The van der Waals surface area contributed by atoms with E-state index in [9.17, 15) is 18.9 Å². The zero-order valence-corrected chi connectivity index (χ0v) is 24.3. The van der Waals surface area contributed by atoms with Crippen LogP contribution in [0.1, 0.15) is 39.8 Å². The molecule has 5 rings (SSSR count). The first-order valence-electron chi connectivity index (χ1n) is 13.7. The van der Waals surface area contributed by atoms with Gasteiger partial charge in [-0.15, -0.1) is 0 Å². The number of nitrogen functional groups attached to an aromatic ring is 1. The summed E-state index contributed by atoms with van der Waals surface area (Å²) in [5, 5.41) is 16.8. The van der Waals surface area contributed by atoms with Crippen LogP contribution in [0.2, 0.25) is 0 Å². The number of nitrogens with zero attached hydrogens (tertiary/aromatic N) is 4. The Hall–Kier alpha value is -3.36. The number of aliphatic hydroxyl groups is 1. The van der Waals surface area contributed by atoms with Gasteiger partial charge in [0.2, 0.25) is 5.95 Å². The van der Waals surface area contributed by atoms with Crippen LogP contribution in [0.3, 0.4) is 0 Å². The van der Waals surface area contributed by atoms with E-state index in [1.807, 2.05) is 0 Å². The summed E-state index contributed by atoms with van der Waals surface area (Å²) in [6.45, 7) is 3.42. The van der Waals surface area contributed by atoms with Gasteiger partial charge >= 0.3 is 13.7 Å². The second-order valence-corrected chi connectivity index (χ2v) is 12.3. The predicted octanol–water partition coefficient (Wildman–Crippen LogP) is 2.96. The summed E-state index contributed by atoms with van der Waals surface area (Å²) in [6.07, 6.45) is -0.478. The fourth-order valence-electron chi connectivity index (χ4n) is 4.53. The number of nitrogens with one attached hydrogen (secondary N) is 2. The van der Waals surface area contributed by atoms with Gasteiger partial charge in [0.15, 0.2) is 17.0 Å². The number of benzene rings is 1. The van der Waals surface area contributed by atoms with Crippen LogP contribution in [0.15, 0.2) is 36.7 Å². The molecule has 42 heavy (non-hydrogen) atoms. The molecule has 3 aromatic rings. The fraction of sp³-hybridized carbons (Fsp3) is 0.538. The molecule has 228 valence electrons. The number of hydrogen-bond donors (Lipinski definition) is 4. The summed E-state index contributed by atoms with van der Waals surface area (Å²) in [5.41, 5.74) is 6.68. The second-order valence-electron chi connectivity index (χ2n) is 10.6. The molecule has 2 aliphatic rings. The lowest BCUT2D eigenvalue weighted by Gasteiger charge is -2.25. The summed E-state index contributed by atoms with van der Waals surface area (Å²) in [6, 6.07) is 7.43. The number of rotatable bonds is 13. The number of nitrogens with two attached hydrogens (primary N) is 1. The standard InChI is InChI=1S/C26H35FN7O7P/c1-14(2)39-25(36)15(3)33-42(37,41-17-7-5-4-6-8-17)38-12-19-21(35)18(11-27)24(40-19)34-13-29-20-22(30-16-9-10-16)31-26(28)32-23(20)34/h4-8,13-16,18-19,21,24,35H,9-12H2,1-3H3,(H,33,37)(H3,28,30,31,32)/t15?,18-,19+,21-,24+,42+/m0/s1. The summed E-state index contributed by atoms with van der Waals surface area (Å²) in [5.74, 6) is -1.02. The smallest absolute Gasteiger partial charge is 0.459 e. The van der Waals surface area contributed by atoms with E-state index in [-0.39, 0.29) is 17.7 Å². The molecule has 5 N–H and O–H groups in total. The number of alkyl halides is 1. The van der Waals surface area contributed by atoms with E-state index in [4.69, 9.17) is 24.3 Å². The number of carbonyl (C=O) groups is 1. The van der Waals surface area contributed by atoms with Crippen LogP contribution in [0.5, 0.6) is 5.75 Å². The van der Waals surface area contributed by atoms with E-state index in [0.717, 1.165) is 12.8 Å². The number of esters is 1. The average molecular weight is 608 g/mol. The minimum atomic E-state index is -4.24. The average Bonchev–Trinajstić information content (AvgIpc) is 3.56. The summed E-state index contributed by atoms with van der Waals surface area (Å²) < 4.78 is 52.2. The molecule has 16 heteroatoms. The molecule has 1 aliphatic heterocycles. The number of hydrogen-bond acceptors (Lipinski definition) is 12. The van der Waals surface area contributed by atoms with Gasteiger partial charge in [-0.25, -0.2) is 9.55 Å². The van der Waals surface area contributed by atoms with Crippen LogP contribution in [0.4, 0.5) is 16.2 Å². The van der Waals surface area contributed by atoms with Crippen LogP contribution < -0.4 is 20.7 Å². The maximum absolute atomic E-state index is 14.3. The molecule has 0 radical (unpaired) electrons. The van der Waals surface area contributed by atoms with Gasteiger partial charge in [-0.3, -0.25) is 18.3 Å². The number of imidazole rings is 1. The minimum absolute atomic E-state index is 0.00202. The van der Waals surface area contributed by atoms with Gasteiger partial charge in [0, 0.05) is 6.04 Å². The van der Waals surface area contributed by atoms with Crippen LogP contribution >= 0.6 is 7.75 Å². The van der Waals surface area contributed by atoms with Crippen molar-refractivity contribution in [1.29, 1.82) is 0 Å². The van der Waals surface area contributed by atoms with Crippen molar-refractivity contribution in [3.05, 3.63) is 36.7 Å².